The van der Waals surface area contributed by atoms with E-state index < -0.39 is 45.2 Å². The Labute approximate surface area is 268 Å². The second-order valence-corrected chi connectivity index (χ2v) is 25.6. The number of imidazole rings is 1. The Morgan fingerprint density at radius 3 is 2.26 bits per heavy atom. The third-order valence-electron chi connectivity index (χ3n) is 7.87. The fourth-order valence-electron chi connectivity index (χ4n) is 5.04. The van der Waals surface area contributed by atoms with Crippen LogP contribution in [-0.2, 0) is 29.1 Å². The van der Waals surface area contributed by atoms with Crippen LogP contribution in [0.5, 0.6) is 0 Å². The number of nitrogens with zero attached hydrogens (tertiary/aromatic N) is 5. The largest absolute Gasteiger partial charge is 0.434 e. The van der Waals surface area contributed by atoms with E-state index in [1.165, 1.54) is 18.3 Å². The molecule has 0 amide bonds. The van der Waals surface area contributed by atoms with Gasteiger partial charge in [-0.15, -0.1) is 0 Å². The lowest BCUT2D eigenvalue weighted by Crippen LogP contribution is -2.22. The van der Waals surface area contributed by atoms with Crippen molar-refractivity contribution in [1.29, 1.82) is 0 Å². The Kier molecular flexibility index (Phi) is 9.74. The van der Waals surface area contributed by atoms with Gasteiger partial charge in [0.1, 0.15) is 24.5 Å². The summed E-state index contributed by atoms with van der Waals surface area (Å²) in [6.45, 7) is 14.3. The number of fused-ring (bicyclic) bond motifs is 1. The van der Waals surface area contributed by atoms with Gasteiger partial charge in [-0.25, -0.2) is 9.37 Å². The number of ketones is 1. The first-order chi connectivity index (χ1) is 21.5. The summed E-state index contributed by atoms with van der Waals surface area (Å²) in [5, 5.41) is 0. The number of pyridine rings is 2. The quantitative estimate of drug-likeness (QED) is 0.0580. The molecule has 4 aromatic heterocycles. The summed E-state index contributed by atoms with van der Waals surface area (Å²) in [6.07, 6.45) is 0.914. The van der Waals surface area contributed by atoms with Gasteiger partial charge in [0.2, 0.25) is 0 Å². The van der Waals surface area contributed by atoms with Gasteiger partial charge in [0.25, 0.3) is 0 Å². The van der Waals surface area contributed by atoms with Crippen LogP contribution in [0.4, 0.5) is 17.6 Å². The van der Waals surface area contributed by atoms with E-state index in [0.717, 1.165) is 37.2 Å². The minimum atomic E-state index is -4.82. The number of aromatic nitrogens is 5. The van der Waals surface area contributed by atoms with Crippen LogP contribution in [0.1, 0.15) is 46.1 Å². The number of halogens is 4. The lowest BCUT2D eigenvalue weighted by atomic mass is 10.0. The number of hydrogen-bond acceptors (Lipinski definition) is 6. The Bertz CT molecular complexity index is 1720. The Balaban J connectivity index is 1.60. The summed E-state index contributed by atoms with van der Waals surface area (Å²) < 4.78 is 72.8. The molecule has 0 spiro atoms. The predicted molar refractivity (Wildman–Crippen MR) is 174 cm³/mol. The molecule has 1 saturated carbocycles. The number of alkyl halides is 3. The van der Waals surface area contributed by atoms with Crippen molar-refractivity contribution in [3.63, 3.8) is 0 Å². The van der Waals surface area contributed by atoms with Crippen LogP contribution in [0.3, 0.4) is 0 Å². The molecule has 4 aromatic rings. The molecular formula is C32H41F4N5O3Si2. The maximum absolute atomic E-state index is 16.1. The zero-order chi connectivity index (χ0) is 33.4. The first kappa shape index (κ1) is 34.1. The van der Waals surface area contributed by atoms with E-state index >= 15 is 4.39 Å². The fourth-order valence-corrected chi connectivity index (χ4v) is 6.55. The van der Waals surface area contributed by atoms with Crippen LogP contribution in [0, 0.1) is 5.82 Å². The molecule has 4 heterocycles. The standard InChI is InChI=1S/C32H41F4N5O3Si2/c1-45(2,3)14-12-43-19-40-18-22(29(42)23-8-7-11-37-30(23)32(34,35)36)16-25(40)31-39-24-17-38-27(21-9-10-21)26(33)28(24)41(31)20-44-13-15-46(4,5)6/h7-8,11,16-18,21H,9-10,12-15,19-20H2,1-6H3. The van der Waals surface area contributed by atoms with Crippen molar-refractivity contribution < 1.29 is 31.8 Å². The molecule has 1 aliphatic rings. The van der Waals surface area contributed by atoms with Crippen LogP contribution in [0.25, 0.3) is 22.6 Å². The van der Waals surface area contributed by atoms with E-state index in [9.17, 15) is 18.0 Å². The van der Waals surface area contributed by atoms with Gasteiger partial charge in [-0.1, -0.05) is 39.3 Å². The minimum Gasteiger partial charge on any atom is -0.361 e. The third kappa shape index (κ3) is 8.01. The van der Waals surface area contributed by atoms with E-state index in [1.54, 1.807) is 15.3 Å². The van der Waals surface area contributed by atoms with Gasteiger partial charge >= 0.3 is 6.18 Å². The Hall–Kier alpha value is -3.21. The van der Waals surface area contributed by atoms with Gasteiger partial charge in [-0.05, 0) is 43.1 Å². The molecule has 0 saturated heterocycles. The van der Waals surface area contributed by atoms with Crippen molar-refractivity contribution in [2.45, 2.75) is 89.8 Å². The van der Waals surface area contributed by atoms with Crippen LogP contribution in [0.2, 0.25) is 51.4 Å². The van der Waals surface area contributed by atoms with Gasteiger partial charge in [0, 0.05) is 53.2 Å². The van der Waals surface area contributed by atoms with Crippen molar-refractivity contribution in [2.24, 2.45) is 0 Å². The summed E-state index contributed by atoms with van der Waals surface area (Å²) in [4.78, 5) is 26.2. The van der Waals surface area contributed by atoms with Gasteiger partial charge < -0.3 is 14.0 Å². The van der Waals surface area contributed by atoms with Gasteiger partial charge in [0.15, 0.2) is 23.1 Å². The fraction of sp³-hybridized carbons (Fsp3) is 0.500. The van der Waals surface area contributed by atoms with E-state index in [4.69, 9.17) is 14.5 Å². The second-order valence-electron chi connectivity index (χ2n) is 14.3. The van der Waals surface area contributed by atoms with Crippen molar-refractivity contribution in [3.05, 3.63) is 65.1 Å². The number of rotatable bonds is 14. The Morgan fingerprint density at radius 1 is 1.00 bits per heavy atom. The monoisotopic (exact) mass is 675 g/mol. The highest BCUT2D eigenvalue weighted by atomic mass is 28.3. The smallest absolute Gasteiger partial charge is 0.361 e. The van der Waals surface area contributed by atoms with Crippen molar-refractivity contribution in [2.75, 3.05) is 13.2 Å². The van der Waals surface area contributed by atoms with Crippen molar-refractivity contribution >= 4 is 33.0 Å². The highest BCUT2D eigenvalue weighted by Crippen LogP contribution is 2.42. The predicted octanol–water partition coefficient (Wildman–Crippen LogP) is 8.19. The molecule has 0 bridgehead atoms. The first-order valence-electron chi connectivity index (χ1n) is 15.5. The molecule has 0 aliphatic heterocycles. The molecule has 0 radical (unpaired) electrons. The average Bonchev–Trinajstić information content (AvgIpc) is 3.61. The maximum atomic E-state index is 16.1. The van der Waals surface area contributed by atoms with Crippen LogP contribution in [0.15, 0.2) is 36.8 Å². The molecule has 0 aromatic carbocycles. The van der Waals surface area contributed by atoms with Crippen molar-refractivity contribution in [3.8, 4) is 11.5 Å². The highest BCUT2D eigenvalue weighted by Gasteiger charge is 2.37. The summed E-state index contributed by atoms with van der Waals surface area (Å²) in [5.41, 5.74) is -0.497. The van der Waals surface area contributed by atoms with E-state index in [-0.39, 0.29) is 30.5 Å². The van der Waals surface area contributed by atoms with Gasteiger partial charge in [-0.3, -0.25) is 19.3 Å². The summed E-state index contributed by atoms with van der Waals surface area (Å²) >= 11 is 0. The zero-order valence-electron chi connectivity index (χ0n) is 27.2. The topological polar surface area (TPSA) is 84.1 Å². The molecule has 0 atom stereocenters. The van der Waals surface area contributed by atoms with Crippen LogP contribution in [-0.4, -0.2) is 59.2 Å². The SMILES string of the molecule is C[Si](C)(C)CCOCn1cc(C(=O)c2cccnc2C(F)(F)F)cc1-c1nc2cnc(C3CC3)c(F)c2n1COCC[Si](C)(C)C. The third-order valence-corrected chi connectivity index (χ3v) is 11.3. The van der Waals surface area contributed by atoms with E-state index in [2.05, 4.69) is 49.3 Å². The van der Waals surface area contributed by atoms with E-state index in [0.29, 0.717) is 35.9 Å². The summed E-state index contributed by atoms with van der Waals surface area (Å²) in [6, 6.07) is 5.68. The molecule has 0 N–H and O–H groups in total. The lowest BCUT2D eigenvalue weighted by molar-refractivity contribution is -0.141. The second kappa shape index (κ2) is 13.1. The Morgan fingerprint density at radius 2 is 1.65 bits per heavy atom. The highest BCUT2D eigenvalue weighted by molar-refractivity contribution is 6.76. The van der Waals surface area contributed by atoms with Gasteiger partial charge in [-0.2, -0.15) is 13.2 Å². The molecular weight excluding hydrogens is 635 g/mol. The molecule has 1 aliphatic carbocycles. The van der Waals surface area contributed by atoms with Crippen LogP contribution >= 0.6 is 0 Å². The molecule has 14 heteroatoms. The number of carbonyl (C=O) groups is 1. The first-order valence-corrected chi connectivity index (χ1v) is 22.9. The normalized spacial score (nSPS) is 14.4. The minimum absolute atomic E-state index is 0.00202. The average molecular weight is 676 g/mol. The number of carbonyl (C=O) groups excluding carboxylic acids is 1. The zero-order valence-corrected chi connectivity index (χ0v) is 29.2. The number of hydrogen-bond donors (Lipinski definition) is 0. The molecule has 0 unspecified atom stereocenters. The summed E-state index contributed by atoms with van der Waals surface area (Å²) in [5.74, 6) is -0.954. The molecule has 5 rings (SSSR count). The molecule has 8 nitrogen and oxygen atoms in total. The summed E-state index contributed by atoms with van der Waals surface area (Å²) in [7, 11) is -2.83. The van der Waals surface area contributed by atoms with E-state index in [1.807, 2.05) is 0 Å². The molecule has 248 valence electrons. The molecule has 46 heavy (non-hydrogen) atoms. The molecule has 1 fully saturated rings. The van der Waals surface area contributed by atoms with Gasteiger partial charge in [0.05, 0.1) is 23.1 Å². The number of ether oxygens (including phenoxy) is 2. The lowest BCUT2D eigenvalue weighted by Gasteiger charge is -2.18. The maximum Gasteiger partial charge on any atom is 0.434 e. The van der Waals surface area contributed by atoms with Crippen LogP contribution < -0.4 is 0 Å². The van der Waals surface area contributed by atoms with Crippen molar-refractivity contribution in [1.82, 2.24) is 24.1 Å².